The van der Waals surface area contributed by atoms with Crippen LogP contribution in [0.1, 0.15) is 101 Å². The topological polar surface area (TPSA) is 255 Å². The number of phenols is 2. The van der Waals surface area contributed by atoms with Crippen LogP contribution in [0.3, 0.4) is 0 Å². The number of methoxy groups -OCH3 is 1. The molecule has 0 spiro atoms. The number of aromatic hydroxyl groups is 2. The highest BCUT2D eigenvalue weighted by molar-refractivity contribution is 6.31. The molecule has 16 nitrogen and oxygen atoms in total. The molecule has 2 aromatic rings. The van der Waals surface area contributed by atoms with Gasteiger partial charge in [-0.2, -0.15) is 0 Å². The van der Waals surface area contributed by atoms with E-state index < -0.39 is 82.5 Å². The van der Waals surface area contributed by atoms with E-state index in [1.54, 1.807) is 6.92 Å². The maximum Gasteiger partial charge on any atom is 0.253 e. The molecule has 7 atom stereocenters. The number of carbonyl (C=O) groups is 6. The normalized spacial score (nSPS) is 26.6. The van der Waals surface area contributed by atoms with Gasteiger partial charge in [0.25, 0.3) is 11.8 Å². The Morgan fingerprint density at radius 1 is 1.04 bits per heavy atom. The van der Waals surface area contributed by atoms with Crippen LogP contribution >= 0.6 is 0 Å². The number of unbranched alkanes of at least 4 members (excludes halogenated alkanes) is 2. The van der Waals surface area contributed by atoms with Gasteiger partial charge in [-0.1, -0.05) is 25.5 Å². The molecule has 288 valence electrons. The lowest BCUT2D eigenvalue weighted by Crippen LogP contribution is -2.60. The number of fused-ring (bicyclic) bond motifs is 3. The molecule has 4 aliphatic rings. The van der Waals surface area contributed by atoms with Gasteiger partial charge >= 0.3 is 0 Å². The zero-order chi connectivity index (χ0) is 39.1. The van der Waals surface area contributed by atoms with Gasteiger partial charge < -0.3 is 40.4 Å². The number of hydrazine groups is 1. The number of nitrogens with zero attached hydrogens (tertiary/aromatic N) is 1. The lowest BCUT2D eigenvalue weighted by molar-refractivity contribution is -0.137. The maximum absolute atomic E-state index is 14.0. The number of hydrogen-bond acceptors (Lipinski definition) is 14. The van der Waals surface area contributed by atoms with Crippen LogP contribution in [0, 0.1) is 5.92 Å². The fourth-order valence-corrected chi connectivity index (χ4v) is 8.06. The largest absolute Gasteiger partial charge is 0.507 e. The molecule has 1 saturated carbocycles. The molecule has 54 heavy (non-hydrogen) atoms. The van der Waals surface area contributed by atoms with Crippen molar-refractivity contribution in [1.29, 1.82) is 0 Å². The van der Waals surface area contributed by atoms with E-state index in [0.29, 0.717) is 32.0 Å². The molecule has 0 bridgehead atoms. The predicted molar refractivity (Wildman–Crippen MR) is 188 cm³/mol. The van der Waals surface area contributed by atoms with Crippen molar-refractivity contribution in [3.8, 4) is 17.2 Å². The Labute approximate surface area is 310 Å². The zero-order valence-electron chi connectivity index (χ0n) is 29.9. The second kappa shape index (κ2) is 15.4. The maximum atomic E-state index is 14.0. The number of aliphatic hydroxyl groups is 2. The van der Waals surface area contributed by atoms with Gasteiger partial charge in [0.15, 0.2) is 5.78 Å². The molecule has 0 aromatic heterocycles. The molecule has 3 amide bonds. The smallest absolute Gasteiger partial charge is 0.253 e. The van der Waals surface area contributed by atoms with E-state index in [1.807, 2.05) is 0 Å². The number of hydrogen-bond donors (Lipinski definition) is 7. The number of benzene rings is 2. The average Bonchev–Trinajstić information content (AvgIpc) is 3.46. The van der Waals surface area contributed by atoms with Gasteiger partial charge in [0.2, 0.25) is 11.7 Å². The quantitative estimate of drug-likeness (QED) is 0.0419. The monoisotopic (exact) mass is 748 g/mol. The van der Waals surface area contributed by atoms with Crippen LogP contribution in [0.15, 0.2) is 30.4 Å². The van der Waals surface area contributed by atoms with E-state index in [0.717, 1.165) is 4.90 Å². The van der Waals surface area contributed by atoms with Gasteiger partial charge in [-0.05, 0) is 37.7 Å². The molecule has 0 radical (unpaired) electrons. The number of imide groups is 1. The second-order valence-corrected chi connectivity index (χ2v) is 14.5. The Morgan fingerprint density at radius 3 is 2.41 bits per heavy atom. The number of nitrogens with one attached hydrogen (secondary N) is 2. The summed E-state index contributed by atoms with van der Waals surface area (Å²) in [4.78, 5) is 77.7. The summed E-state index contributed by atoms with van der Waals surface area (Å²) in [6, 6.07) is 2.24. The molecular formula is C38H44N4O12. The summed E-state index contributed by atoms with van der Waals surface area (Å²) in [5, 5.41) is 46.3. The molecule has 16 heteroatoms. The van der Waals surface area contributed by atoms with E-state index in [4.69, 9.17) is 15.2 Å². The van der Waals surface area contributed by atoms with Gasteiger partial charge in [0, 0.05) is 60.7 Å². The van der Waals surface area contributed by atoms with Crippen molar-refractivity contribution in [1.82, 2.24) is 15.8 Å². The molecular weight excluding hydrogens is 704 g/mol. The van der Waals surface area contributed by atoms with Crippen LogP contribution in [-0.4, -0.2) is 104 Å². The number of carbonyl (C=O) groups excluding carboxylic acids is 6. The third-order valence-corrected chi connectivity index (χ3v) is 10.9. The Balaban J connectivity index is 1.26. The van der Waals surface area contributed by atoms with Gasteiger partial charge in [-0.3, -0.25) is 34.3 Å². The minimum absolute atomic E-state index is 0.0148. The first kappa shape index (κ1) is 38.7. The van der Waals surface area contributed by atoms with E-state index in [9.17, 15) is 49.2 Å². The number of ether oxygens (including phenoxy) is 2. The Bertz CT molecular complexity index is 1900. The average molecular weight is 749 g/mol. The molecule has 6 rings (SSSR count). The first-order chi connectivity index (χ1) is 25.7. The molecule has 2 aromatic carbocycles. The summed E-state index contributed by atoms with van der Waals surface area (Å²) in [5.74, 6) is -4.33. The van der Waals surface area contributed by atoms with E-state index in [1.165, 1.54) is 37.5 Å². The van der Waals surface area contributed by atoms with Crippen LogP contribution in [0.5, 0.6) is 17.2 Å². The van der Waals surface area contributed by atoms with E-state index in [-0.39, 0.29) is 71.5 Å². The third kappa shape index (κ3) is 7.02. The van der Waals surface area contributed by atoms with Crippen molar-refractivity contribution >= 4 is 35.6 Å². The summed E-state index contributed by atoms with van der Waals surface area (Å²) in [7, 11) is 1.33. The van der Waals surface area contributed by atoms with Crippen molar-refractivity contribution in [2.75, 3.05) is 13.7 Å². The highest BCUT2D eigenvalue weighted by atomic mass is 16.5. The lowest BCUT2D eigenvalue weighted by atomic mass is 9.71. The van der Waals surface area contributed by atoms with Crippen molar-refractivity contribution in [3.63, 3.8) is 0 Å². The van der Waals surface area contributed by atoms with E-state index >= 15 is 0 Å². The Morgan fingerprint density at radius 2 is 1.74 bits per heavy atom. The van der Waals surface area contributed by atoms with E-state index in [2.05, 4.69) is 10.9 Å². The molecule has 3 aliphatic carbocycles. The summed E-state index contributed by atoms with van der Waals surface area (Å²) in [6.45, 7) is 2.01. The number of phenolic OH excluding ortho intramolecular Hbond substituents is 2. The number of rotatable bonds is 13. The number of amides is 3. The first-order valence-corrected chi connectivity index (χ1v) is 17.9. The third-order valence-electron chi connectivity index (χ3n) is 10.9. The van der Waals surface area contributed by atoms with Crippen LogP contribution < -0.4 is 21.3 Å². The van der Waals surface area contributed by atoms with Crippen molar-refractivity contribution in [2.45, 2.75) is 94.3 Å². The fraction of sp³-hybridized carbons (Fsp3) is 0.474. The summed E-state index contributed by atoms with van der Waals surface area (Å²) >= 11 is 0. The van der Waals surface area contributed by atoms with Crippen LogP contribution in [0.25, 0.3) is 0 Å². The van der Waals surface area contributed by atoms with Crippen LogP contribution in [0.2, 0.25) is 0 Å². The molecule has 8 N–H and O–H groups in total. The van der Waals surface area contributed by atoms with Crippen LogP contribution in [0.4, 0.5) is 0 Å². The standard InChI is InChI=1S/C38H44N4O12/c1-18-13-19(14-22(39)33(18)47)54-24-16-38(52,25(17-43)40-41-26(44)9-4-3-5-12-42-27(45)10-11-28(42)46)15-21-30(24)37(51)32-31(35(21)49)34(48)20-7-6-8-23(53-2)29(20)36(32)50/h6-8,10-11,17-19,22,24-25,33,40,47,49,51-52H,3-5,9,12-16,39H2,1-2H3,(H,41,44)/t18?,19?,22?,24-,25?,33?,38?/m0/s1. The second-order valence-electron chi connectivity index (χ2n) is 14.5. The van der Waals surface area contributed by atoms with Crippen LogP contribution in [-0.2, 0) is 30.3 Å². The van der Waals surface area contributed by atoms with Crippen molar-refractivity contribution < 1.29 is 58.7 Å². The highest BCUT2D eigenvalue weighted by Crippen LogP contribution is 2.53. The molecule has 1 fully saturated rings. The van der Waals surface area contributed by atoms with Gasteiger partial charge in [-0.15, -0.1) is 0 Å². The Hall–Kier alpha value is -5.00. The van der Waals surface area contributed by atoms with Crippen molar-refractivity contribution in [2.24, 2.45) is 11.7 Å². The fourth-order valence-electron chi connectivity index (χ4n) is 8.06. The molecule has 1 heterocycles. The van der Waals surface area contributed by atoms with Gasteiger partial charge in [0.05, 0.1) is 47.7 Å². The minimum Gasteiger partial charge on any atom is -0.507 e. The SMILES string of the molecule is COc1cccc2c1C(=O)c1c(O)c3c(c(O)c1C2=O)CC(O)(C(C=O)NNC(=O)CCCCCN1C(=O)C=CC1=O)C[C@@H]3OC1CC(C)C(O)C(N)C1. The number of aliphatic hydroxyl groups excluding tert-OH is 1. The molecule has 0 saturated heterocycles. The summed E-state index contributed by atoms with van der Waals surface area (Å²) in [5.41, 5.74) is 7.87. The molecule has 1 aliphatic heterocycles. The highest BCUT2D eigenvalue weighted by Gasteiger charge is 2.50. The lowest BCUT2D eigenvalue weighted by Gasteiger charge is -2.44. The molecule has 6 unspecified atom stereocenters. The summed E-state index contributed by atoms with van der Waals surface area (Å²) < 4.78 is 11.8. The number of ketones is 2. The summed E-state index contributed by atoms with van der Waals surface area (Å²) in [6.07, 6.45) is 1.17. The number of nitrogens with two attached hydrogens (primary N) is 1. The van der Waals surface area contributed by atoms with Gasteiger partial charge in [0.1, 0.15) is 29.6 Å². The van der Waals surface area contributed by atoms with Gasteiger partial charge in [-0.25, -0.2) is 5.43 Å². The minimum atomic E-state index is -2.08. The number of aldehydes is 1. The Kier molecular flexibility index (Phi) is 11.0. The predicted octanol–water partition coefficient (Wildman–Crippen LogP) is 0.777. The first-order valence-electron chi connectivity index (χ1n) is 17.9. The zero-order valence-corrected chi connectivity index (χ0v) is 29.9. The van der Waals surface area contributed by atoms with Crippen molar-refractivity contribution in [3.05, 3.63) is 63.7 Å².